The van der Waals surface area contributed by atoms with Gasteiger partial charge in [0.05, 0.1) is 26.9 Å². The van der Waals surface area contributed by atoms with Crippen LogP contribution in [-0.4, -0.2) is 80.5 Å². The number of carbonyl (C=O) groups excluding carboxylic acids is 1. The number of fused-ring (bicyclic) bond motifs is 2. The lowest BCUT2D eigenvalue weighted by molar-refractivity contribution is -0.111. The molecule has 40 heavy (non-hydrogen) atoms. The fourth-order valence-corrected chi connectivity index (χ4v) is 7.71. The van der Waals surface area contributed by atoms with E-state index in [4.69, 9.17) is 18.4 Å². The molecular weight excluding hydrogens is 619 g/mol. The van der Waals surface area contributed by atoms with Crippen molar-refractivity contribution < 1.29 is 4.79 Å². The zero-order chi connectivity index (χ0) is 27.7. The highest BCUT2D eigenvalue weighted by Gasteiger charge is 2.45. The zero-order valence-electron chi connectivity index (χ0n) is 22.2. The number of nitrogens with zero attached hydrogens (tertiary/aromatic N) is 9. The summed E-state index contributed by atoms with van der Waals surface area (Å²) in [5.41, 5.74) is 1.93. The van der Waals surface area contributed by atoms with Gasteiger partial charge in [-0.2, -0.15) is 13.4 Å². The molecule has 0 bridgehead atoms. The summed E-state index contributed by atoms with van der Waals surface area (Å²) in [6.45, 7) is 8.91. The number of hydrogen-bond acceptors (Lipinski definition) is 10. The Hall–Kier alpha value is -3.83. The van der Waals surface area contributed by atoms with Crippen LogP contribution in [-0.2, 0) is 4.79 Å². The quantitative estimate of drug-likeness (QED) is 0.184. The molecule has 6 rings (SSSR count). The smallest absolute Gasteiger partial charge is 0.254 e. The molecule has 1 aromatic carbocycles. The van der Waals surface area contributed by atoms with Gasteiger partial charge in [-0.05, 0) is 37.7 Å². The average molecular weight is 649 g/mol. The van der Waals surface area contributed by atoms with E-state index >= 15 is 0 Å². The Morgan fingerprint density at radius 3 is 2.67 bits per heavy atom. The summed E-state index contributed by atoms with van der Waals surface area (Å²) in [4.78, 5) is 37.4. The van der Waals surface area contributed by atoms with Crippen molar-refractivity contribution in [2.45, 2.75) is 9.84 Å². The average Bonchev–Trinajstić information content (AvgIpc) is 2.97. The summed E-state index contributed by atoms with van der Waals surface area (Å²) in [7, 11) is 2.13. The third-order valence-electron chi connectivity index (χ3n) is 7.65. The van der Waals surface area contributed by atoms with Crippen LogP contribution in [0.1, 0.15) is 12.0 Å². The number of alkyl halides is 1. The minimum Gasteiger partial charge on any atom is -0.355 e. The Balaban J connectivity index is 1.29. The molecule has 3 aromatic rings. The fourth-order valence-electron chi connectivity index (χ4n) is 5.18. The third kappa shape index (κ3) is 5.18. The molecule has 2 fully saturated rings. The Morgan fingerprint density at radius 2 is 2.00 bits per heavy atom. The van der Waals surface area contributed by atoms with Crippen molar-refractivity contribution in [3.63, 3.8) is 0 Å². The van der Waals surface area contributed by atoms with Gasteiger partial charge in [-0.1, -0.05) is 18.7 Å². The largest absolute Gasteiger partial charge is 0.355 e. The van der Waals surface area contributed by atoms with Gasteiger partial charge in [-0.25, -0.2) is 15.0 Å². The van der Waals surface area contributed by atoms with Crippen LogP contribution in [0.4, 0.5) is 23.4 Å². The Labute approximate surface area is 242 Å². The number of nitrogens with one attached hydrogen (secondary N) is 1. The molecule has 3 aliphatic rings. The normalized spacial score (nSPS) is 22.8. The first-order valence-corrected chi connectivity index (χ1v) is 15.2. The molecule has 1 aliphatic carbocycles. The number of amides is 1. The van der Waals surface area contributed by atoms with Gasteiger partial charge in [0.25, 0.3) is 5.95 Å². The Kier molecular flexibility index (Phi) is 7.24. The fraction of sp³-hybridized carbons (Fsp3) is 0.357. The molecule has 1 unspecified atom stereocenters. The number of piperidine rings is 1. The highest BCUT2D eigenvalue weighted by molar-refractivity contribution is 14.2. The second-order valence-electron chi connectivity index (χ2n) is 10.2. The van der Waals surface area contributed by atoms with Gasteiger partial charge < -0.3 is 20.0 Å². The number of carbonyl (C=O) groups is 1. The van der Waals surface area contributed by atoms with Crippen molar-refractivity contribution in [2.24, 2.45) is 9.06 Å². The van der Waals surface area contributed by atoms with Crippen LogP contribution in [0.2, 0.25) is 0 Å². The first kappa shape index (κ1) is 26.4. The second-order valence-corrected chi connectivity index (χ2v) is 13.2. The van der Waals surface area contributed by atoms with E-state index in [1.807, 2.05) is 24.3 Å². The highest BCUT2D eigenvalue weighted by Crippen LogP contribution is 2.50. The number of halogens is 1. The van der Waals surface area contributed by atoms with Crippen molar-refractivity contribution in [3.8, 4) is 6.07 Å². The molecule has 12 heteroatoms. The third-order valence-corrected chi connectivity index (χ3v) is 10.9. The summed E-state index contributed by atoms with van der Waals surface area (Å²) in [6, 6.07) is 7.86. The van der Waals surface area contributed by atoms with Crippen LogP contribution in [0.3, 0.4) is 0 Å². The lowest BCUT2D eigenvalue weighted by atomic mass is 9.77. The first-order chi connectivity index (χ1) is 19.5. The van der Waals surface area contributed by atoms with Gasteiger partial charge in [-0.15, -0.1) is 0 Å². The lowest BCUT2D eigenvalue weighted by Crippen LogP contribution is -2.51. The molecule has 2 aromatic heterocycles. The molecule has 11 nitrogen and oxygen atoms in total. The van der Waals surface area contributed by atoms with E-state index in [2.05, 4.69) is 55.8 Å². The number of nitriles is 1. The number of hydrogen-bond donors (Lipinski definition) is 1. The van der Waals surface area contributed by atoms with Gasteiger partial charge in [0.2, 0.25) is 11.9 Å². The Morgan fingerprint density at radius 1 is 1.20 bits per heavy atom. The van der Waals surface area contributed by atoms with E-state index in [0.717, 1.165) is 68.4 Å². The van der Waals surface area contributed by atoms with E-state index in [1.54, 1.807) is 0 Å². The summed E-state index contributed by atoms with van der Waals surface area (Å²) in [5, 5.41) is 12.8. The van der Waals surface area contributed by atoms with Gasteiger partial charge in [-0.3, -0.25) is 4.79 Å². The van der Waals surface area contributed by atoms with Crippen molar-refractivity contribution in [1.29, 1.82) is 5.26 Å². The van der Waals surface area contributed by atoms with Crippen molar-refractivity contribution in [3.05, 3.63) is 61.0 Å². The molecule has 2 aliphatic heterocycles. The summed E-state index contributed by atoms with van der Waals surface area (Å²) in [6.07, 6.45) is 9.89. The molecule has 2 saturated heterocycles. The molecule has 0 radical (unpaired) electrons. The monoisotopic (exact) mass is 648 g/mol. The highest BCUT2D eigenvalue weighted by atomic mass is 127. The predicted octanol–water partition coefficient (Wildman–Crippen LogP) is 3.79. The summed E-state index contributed by atoms with van der Waals surface area (Å²) in [5.74, 6) is 2.24. The predicted molar refractivity (Wildman–Crippen MR) is 163 cm³/mol. The lowest BCUT2D eigenvalue weighted by Gasteiger charge is -2.48. The molecule has 2 atom stereocenters. The van der Waals surface area contributed by atoms with Crippen molar-refractivity contribution in [1.82, 2.24) is 24.8 Å². The molecule has 0 saturated carbocycles. The number of aromatic nitrogens is 4. The van der Waals surface area contributed by atoms with E-state index in [0.29, 0.717) is 23.1 Å². The second kappa shape index (κ2) is 11.0. The van der Waals surface area contributed by atoms with Crippen LogP contribution >= 0.6 is 21.0 Å². The van der Waals surface area contributed by atoms with Gasteiger partial charge >= 0.3 is 0 Å². The number of rotatable bonds is 6. The van der Waals surface area contributed by atoms with E-state index in [9.17, 15) is 4.79 Å². The molecule has 4 heterocycles. The van der Waals surface area contributed by atoms with Crippen LogP contribution in [0.5, 0.6) is 0 Å². The van der Waals surface area contributed by atoms with Crippen LogP contribution in [0, 0.1) is 17.2 Å². The number of anilines is 3. The number of benzene rings is 1. The molecular formula is C28H29IN10O. The maximum absolute atomic E-state index is 11.9. The van der Waals surface area contributed by atoms with E-state index in [1.165, 1.54) is 18.5 Å². The standard InChI is InChI=1S/C28H29IN10O/c1-3-24(40)33-21-4-5-22-23(14-21)34-27(38-12-10-37(2)11-13-38)35-25(22)39-9-8-28(7-6-20(28)18-39)29-36-26-31-16-19(15-30)17-32-26/h3-7,14,16-17,20H,1,8-13,18H2,2H3,(H,33,40)/t20?,28-/m0/s1. The van der Waals surface area contributed by atoms with Gasteiger partial charge in [0.1, 0.15) is 11.9 Å². The number of likely N-dealkylation sites (N-methyl/N-ethyl adjacent to an activating group) is 1. The van der Waals surface area contributed by atoms with E-state index in [-0.39, 0.29) is 9.33 Å². The molecule has 0 spiro atoms. The number of allylic oxidation sites excluding steroid dienone is 1. The first-order valence-electron chi connectivity index (χ1n) is 13.2. The minimum absolute atomic E-state index is 0.0812. The van der Waals surface area contributed by atoms with Crippen LogP contribution in [0.25, 0.3) is 10.9 Å². The minimum atomic E-state index is -0.578. The Bertz CT molecular complexity index is 1560. The van der Waals surface area contributed by atoms with Gasteiger partial charge in [0, 0.05) is 77.3 Å². The summed E-state index contributed by atoms with van der Waals surface area (Å²) >= 11 is -0.578. The maximum Gasteiger partial charge on any atom is 0.254 e. The molecule has 1 amide bonds. The van der Waals surface area contributed by atoms with Crippen molar-refractivity contribution >= 4 is 61.2 Å². The van der Waals surface area contributed by atoms with Crippen molar-refractivity contribution in [2.75, 3.05) is 61.4 Å². The zero-order valence-corrected chi connectivity index (χ0v) is 24.3. The molecule has 1 N–H and O–H groups in total. The number of piperazine rings is 1. The van der Waals surface area contributed by atoms with Gasteiger partial charge in [0.15, 0.2) is 0 Å². The SMILES string of the molecule is C=CC(=O)Nc1ccc2c(N3CC[C@@]4(I=Nc5ncc(C#N)cn5)C=CC4C3)nc(N3CCN(C)CC3)nc2c1. The van der Waals surface area contributed by atoms with Crippen LogP contribution in [0.15, 0.2) is 58.5 Å². The molecule has 204 valence electrons. The summed E-state index contributed by atoms with van der Waals surface area (Å²) < 4.78 is 4.86. The van der Waals surface area contributed by atoms with Crippen LogP contribution < -0.4 is 15.1 Å². The van der Waals surface area contributed by atoms with E-state index < -0.39 is 21.0 Å². The topological polar surface area (TPSA) is 127 Å². The maximum atomic E-state index is 11.9.